The number of hydrogen-bond acceptors (Lipinski definition) is 3. The number of nitrogens with zero attached hydrogens (tertiary/aromatic N) is 1. The number of para-hydroxylation sites is 1. The third-order valence-corrected chi connectivity index (χ3v) is 3.23. The second kappa shape index (κ2) is 6.69. The number of pyridine rings is 1. The summed E-state index contributed by atoms with van der Waals surface area (Å²) in [4.78, 5) is 27.0. The van der Waals surface area contributed by atoms with E-state index in [1.54, 1.807) is 19.2 Å². The van der Waals surface area contributed by atoms with Crippen molar-refractivity contribution >= 4 is 28.6 Å². The van der Waals surface area contributed by atoms with Crippen LogP contribution < -0.4 is 10.6 Å². The number of urea groups is 1. The number of carboxylic acid groups (broad SMARTS) is 1. The summed E-state index contributed by atoms with van der Waals surface area (Å²) >= 11 is 0. The van der Waals surface area contributed by atoms with Gasteiger partial charge in [-0.3, -0.25) is 9.78 Å². The molecule has 0 aliphatic heterocycles. The summed E-state index contributed by atoms with van der Waals surface area (Å²) in [6.07, 6.45) is 2.12. The fourth-order valence-corrected chi connectivity index (χ4v) is 1.99. The van der Waals surface area contributed by atoms with Crippen molar-refractivity contribution in [3.05, 3.63) is 36.5 Å². The molecule has 110 valence electrons. The molecule has 1 heterocycles. The SMILES string of the molecule is CCC(CNC(=O)Nc1cccc2cccnc12)C(=O)O. The predicted molar refractivity (Wildman–Crippen MR) is 80.2 cm³/mol. The summed E-state index contributed by atoms with van der Waals surface area (Å²) in [5.74, 6) is -1.49. The van der Waals surface area contributed by atoms with Gasteiger partial charge >= 0.3 is 12.0 Å². The smallest absolute Gasteiger partial charge is 0.319 e. The number of benzene rings is 1. The molecule has 0 saturated carbocycles. The minimum Gasteiger partial charge on any atom is -0.481 e. The molecule has 1 aromatic carbocycles. The standard InChI is InChI=1S/C15H17N3O3/c1-2-10(14(19)20)9-17-15(21)18-12-7-3-5-11-6-4-8-16-13(11)12/h3-8,10H,2,9H2,1H3,(H,19,20)(H2,17,18,21). The Hall–Kier alpha value is -2.63. The van der Waals surface area contributed by atoms with Crippen molar-refractivity contribution < 1.29 is 14.7 Å². The van der Waals surface area contributed by atoms with Gasteiger partial charge in [-0.05, 0) is 18.6 Å². The fraction of sp³-hybridized carbons (Fsp3) is 0.267. The molecule has 1 atom stereocenters. The monoisotopic (exact) mass is 287 g/mol. The predicted octanol–water partition coefficient (Wildman–Crippen LogP) is 2.47. The Morgan fingerprint density at radius 3 is 2.76 bits per heavy atom. The lowest BCUT2D eigenvalue weighted by Gasteiger charge is -2.12. The van der Waals surface area contributed by atoms with Crippen LogP contribution in [-0.2, 0) is 4.79 Å². The van der Waals surface area contributed by atoms with Crippen LogP contribution in [0.3, 0.4) is 0 Å². The van der Waals surface area contributed by atoms with E-state index in [1.807, 2.05) is 24.3 Å². The van der Waals surface area contributed by atoms with E-state index in [1.165, 1.54) is 0 Å². The third-order valence-electron chi connectivity index (χ3n) is 3.23. The van der Waals surface area contributed by atoms with Crippen molar-refractivity contribution in [2.75, 3.05) is 11.9 Å². The van der Waals surface area contributed by atoms with E-state index in [2.05, 4.69) is 15.6 Å². The van der Waals surface area contributed by atoms with Crippen molar-refractivity contribution in [2.45, 2.75) is 13.3 Å². The highest BCUT2D eigenvalue weighted by Crippen LogP contribution is 2.20. The zero-order valence-corrected chi connectivity index (χ0v) is 11.7. The van der Waals surface area contributed by atoms with Gasteiger partial charge < -0.3 is 15.7 Å². The zero-order valence-electron chi connectivity index (χ0n) is 11.7. The minimum atomic E-state index is -0.912. The van der Waals surface area contributed by atoms with Crippen LogP contribution in [-0.4, -0.2) is 28.6 Å². The summed E-state index contributed by atoms with van der Waals surface area (Å²) in [6, 6.07) is 8.78. The average molecular weight is 287 g/mol. The van der Waals surface area contributed by atoms with Gasteiger partial charge in [0, 0.05) is 18.1 Å². The Labute approximate surface area is 122 Å². The van der Waals surface area contributed by atoms with Gasteiger partial charge in [-0.15, -0.1) is 0 Å². The van der Waals surface area contributed by atoms with E-state index >= 15 is 0 Å². The number of aromatic nitrogens is 1. The second-order valence-corrected chi connectivity index (χ2v) is 4.66. The molecule has 2 amide bonds. The van der Waals surface area contributed by atoms with E-state index in [0.717, 1.165) is 5.39 Å². The quantitative estimate of drug-likeness (QED) is 0.787. The first-order valence-electron chi connectivity index (χ1n) is 6.73. The van der Waals surface area contributed by atoms with Gasteiger partial charge in [0.2, 0.25) is 0 Å². The van der Waals surface area contributed by atoms with E-state index < -0.39 is 17.9 Å². The van der Waals surface area contributed by atoms with Crippen molar-refractivity contribution in [3.63, 3.8) is 0 Å². The summed E-state index contributed by atoms with van der Waals surface area (Å²) in [6.45, 7) is 1.86. The number of carbonyl (C=O) groups excluding carboxylic acids is 1. The molecule has 0 spiro atoms. The van der Waals surface area contributed by atoms with Crippen LogP contribution in [0.25, 0.3) is 10.9 Å². The van der Waals surface area contributed by atoms with Crippen LogP contribution in [0.2, 0.25) is 0 Å². The molecule has 1 unspecified atom stereocenters. The highest BCUT2D eigenvalue weighted by Gasteiger charge is 2.16. The lowest BCUT2D eigenvalue weighted by Crippen LogP contribution is -2.35. The number of carboxylic acids is 1. The Bertz CT molecular complexity index is 652. The molecule has 2 aromatic rings. The zero-order chi connectivity index (χ0) is 15.2. The molecule has 6 nitrogen and oxygen atoms in total. The van der Waals surface area contributed by atoms with Gasteiger partial charge in [-0.1, -0.05) is 25.1 Å². The number of anilines is 1. The first-order chi connectivity index (χ1) is 10.1. The number of rotatable bonds is 5. The van der Waals surface area contributed by atoms with E-state index in [4.69, 9.17) is 5.11 Å². The van der Waals surface area contributed by atoms with Gasteiger partial charge in [-0.25, -0.2) is 4.79 Å². The molecular formula is C15H17N3O3. The molecule has 2 rings (SSSR count). The molecule has 0 aliphatic rings. The summed E-state index contributed by atoms with van der Waals surface area (Å²) in [5.41, 5.74) is 1.29. The first-order valence-corrected chi connectivity index (χ1v) is 6.73. The van der Waals surface area contributed by atoms with Crippen LogP contribution in [0.15, 0.2) is 36.5 Å². The fourth-order valence-electron chi connectivity index (χ4n) is 1.99. The highest BCUT2D eigenvalue weighted by atomic mass is 16.4. The first kappa shape index (κ1) is 14.8. The van der Waals surface area contributed by atoms with Crippen molar-refractivity contribution in [3.8, 4) is 0 Å². The van der Waals surface area contributed by atoms with Crippen LogP contribution in [0.1, 0.15) is 13.3 Å². The molecule has 0 radical (unpaired) electrons. The average Bonchev–Trinajstić information content (AvgIpc) is 2.48. The molecule has 3 N–H and O–H groups in total. The maximum atomic E-state index is 11.9. The largest absolute Gasteiger partial charge is 0.481 e. The van der Waals surface area contributed by atoms with Gasteiger partial charge in [-0.2, -0.15) is 0 Å². The molecule has 0 saturated heterocycles. The van der Waals surface area contributed by atoms with Crippen LogP contribution >= 0.6 is 0 Å². The summed E-state index contributed by atoms with van der Waals surface area (Å²) in [7, 11) is 0. The lowest BCUT2D eigenvalue weighted by molar-refractivity contribution is -0.141. The van der Waals surface area contributed by atoms with Gasteiger partial charge in [0.15, 0.2) is 0 Å². The maximum Gasteiger partial charge on any atom is 0.319 e. The van der Waals surface area contributed by atoms with Crippen LogP contribution in [0.5, 0.6) is 0 Å². The number of nitrogens with one attached hydrogen (secondary N) is 2. The van der Waals surface area contributed by atoms with Gasteiger partial charge in [0.05, 0.1) is 17.1 Å². The molecular weight excluding hydrogens is 270 g/mol. The summed E-state index contributed by atoms with van der Waals surface area (Å²) < 4.78 is 0. The third kappa shape index (κ3) is 3.68. The van der Waals surface area contributed by atoms with Gasteiger partial charge in [0.1, 0.15) is 0 Å². The van der Waals surface area contributed by atoms with Crippen molar-refractivity contribution in [1.82, 2.24) is 10.3 Å². The summed E-state index contributed by atoms with van der Waals surface area (Å²) in [5, 5.41) is 15.1. The Balaban J connectivity index is 2.03. The van der Waals surface area contributed by atoms with E-state index in [0.29, 0.717) is 17.6 Å². The molecule has 0 bridgehead atoms. The molecule has 21 heavy (non-hydrogen) atoms. The van der Waals surface area contributed by atoms with E-state index in [-0.39, 0.29) is 6.54 Å². The van der Waals surface area contributed by atoms with Gasteiger partial charge in [0.25, 0.3) is 0 Å². The molecule has 1 aromatic heterocycles. The molecule has 0 aliphatic carbocycles. The normalized spacial score (nSPS) is 11.9. The number of carbonyl (C=O) groups is 2. The number of aliphatic carboxylic acids is 1. The Kier molecular flexibility index (Phi) is 4.71. The minimum absolute atomic E-state index is 0.0931. The topological polar surface area (TPSA) is 91.3 Å². The number of amides is 2. The Morgan fingerprint density at radius 1 is 1.29 bits per heavy atom. The van der Waals surface area contributed by atoms with Crippen LogP contribution in [0, 0.1) is 5.92 Å². The lowest BCUT2D eigenvalue weighted by atomic mass is 10.1. The van der Waals surface area contributed by atoms with Crippen molar-refractivity contribution in [1.29, 1.82) is 0 Å². The van der Waals surface area contributed by atoms with Crippen LogP contribution in [0.4, 0.5) is 10.5 Å². The number of fused-ring (bicyclic) bond motifs is 1. The Morgan fingerprint density at radius 2 is 2.05 bits per heavy atom. The second-order valence-electron chi connectivity index (χ2n) is 4.66. The maximum absolute atomic E-state index is 11.9. The number of hydrogen-bond donors (Lipinski definition) is 3. The molecule has 0 fully saturated rings. The highest BCUT2D eigenvalue weighted by molar-refractivity contribution is 5.99. The van der Waals surface area contributed by atoms with Crippen molar-refractivity contribution in [2.24, 2.45) is 5.92 Å². The van der Waals surface area contributed by atoms with E-state index in [9.17, 15) is 9.59 Å². The molecule has 6 heteroatoms.